The average molecular weight is 520 g/mol. The van der Waals surface area contributed by atoms with Crippen molar-refractivity contribution in [3.8, 4) is 0 Å². The van der Waals surface area contributed by atoms with Crippen molar-refractivity contribution in [3.63, 3.8) is 0 Å². The fraction of sp³-hybridized carbons (Fsp3) is 0.973. The first-order valence-electron chi connectivity index (χ1n) is 18.1. The van der Waals surface area contributed by atoms with Crippen LogP contribution in [0.2, 0.25) is 0 Å². The lowest BCUT2D eigenvalue weighted by molar-refractivity contribution is 0.382. The third kappa shape index (κ3) is 32.1. The van der Waals surface area contributed by atoms with Crippen molar-refractivity contribution < 1.29 is 0 Å². The molecule has 0 aliphatic rings. The molecule has 0 heteroatoms. The third-order valence-corrected chi connectivity index (χ3v) is 8.79. The molecule has 0 saturated carbocycles. The van der Waals surface area contributed by atoms with E-state index in [0.29, 0.717) is 0 Å². The molecule has 0 aliphatic heterocycles. The molecule has 0 fully saturated rings. The molecular weight excluding hydrogens is 444 g/mol. The zero-order valence-electron chi connectivity index (χ0n) is 26.6. The summed E-state index contributed by atoms with van der Waals surface area (Å²) in [7, 11) is 0. The van der Waals surface area contributed by atoms with Crippen molar-refractivity contribution in [2.75, 3.05) is 0 Å². The minimum Gasteiger partial charge on any atom is -0.0654 e. The Kier molecular flexibility index (Phi) is 34.0. The summed E-state index contributed by atoms with van der Waals surface area (Å²) in [5.41, 5.74) is 0. The zero-order valence-corrected chi connectivity index (χ0v) is 26.6. The van der Waals surface area contributed by atoms with Gasteiger partial charge in [0.15, 0.2) is 0 Å². The van der Waals surface area contributed by atoms with E-state index in [-0.39, 0.29) is 0 Å². The molecule has 37 heavy (non-hydrogen) atoms. The number of hydrogen-bond acceptors (Lipinski definition) is 0. The van der Waals surface area contributed by atoms with Gasteiger partial charge in [0, 0.05) is 0 Å². The second kappa shape index (κ2) is 34.0. The Morgan fingerprint density at radius 2 is 0.514 bits per heavy atom. The lowest BCUT2D eigenvalue weighted by atomic mass is 9.90. The van der Waals surface area contributed by atoms with Gasteiger partial charge in [-0.15, -0.1) is 0 Å². The van der Waals surface area contributed by atoms with Crippen LogP contribution in [0.1, 0.15) is 226 Å². The quantitative estimate of drug-likeness (QED) is 0.0756. The van der Waals surface area contributed by atoms with Gasteiger partial charge in [-0.25, -0.2) is 0 Å². The summed E-state index contributed by atoms with van der Waals surface area (Å²) in [6, 6.07) is 0. The zero-order chi connectivity index (χ0) is 26.9. The summed E-state index contributed by atoms with van der Waals surface area (Å²) in [6.45, 7) is 8.76. The number of unbranched alkanes of at least 4 members (excludes halogenated alkanes) is 27. The summed E-state index contributed by atoms with van der Waals surface area (Å²) in [6.07, 6.45) is 48.1. The predicted octanol–water partition coefficient (Wildman–Crippen LogP) is 14.3. The largest absolute Gasteiger partial charge is 0.0654 e. The molecule has 1 unspecified atom stereocenters. The Hall–Kier alpha value is 0. The molecule has 0 aromatic heterocycles. The molecule has 0 saturated heterocycles. The van der Waals surface area contributed by atoms with Gasteiger partial charge in [-0.1, -0.05) is 233 Å². The SMILES string of the molecule is [CH2]CCC(CCCCCCCCC)CCCCCCCCCCCCCCCCCCCCCCCC. The van der Waals surface area contributed by atoms with Crippen LogP contribution in [0.5, 0.6) is 0 Å². The maximum atomic E-state index is 4.14. The van der Waals surface area contributed by atoms with Gasteiger partial charge in [-0.2, -0.15) is 0 Å². The van der Waals surface area contributed by atoms with Gasteiger partial charge in [0.05, 0.1) is 0 Å². The van der Waals surface area contributed by atoms with E-state index >= 15 is 0 Å². The summed E-state index contributed by atoms with van der Waals surface area (Å²) >= 11 is 0. The van der Waals surface area contributed by atoms with Crippen molar-refractivity contribution in [2.24, 2.45) is 5.92 Å². The highest BCUT2D eigenvalue weighted by atomic mass is 14.1. The van der Waals surface area contributed by atoms with Crippen molar-refractivity contribution in [1.82, 2.24) is 0 Å². The fourth-order valence-electron chi connectivity index (χ4n) is 6.15. The molecular formula is C37H75. The Morgan fingerprint density at radius 3 is 0.730 bits per heavy atom. The van der Waals surface area contributed by atoms with Gasteiger partial charge in [-0.05, 0) is 5.92 Å². The van der Waals surface area contributed by atoms with Gasteiger partial charge in [0.25, 0.3) is 0 Å². The van der Waals surface area contributed by atoms with Gasteiger partial charge in [0.2, 0.25) is 0 Å². The number of rotatable bonds is 33. The second-order valence-corrected chi connectivity index (χ2v) is 12.6. The molecule has 0 aromatic carbocycles. The van der Waals surface area contributed by atoms with Crippen LogP contribution in [-0.2, 0) is 0 Å². The normalized spacial score (nSPS) is 12.4. The smallest absolute Gasteiger partial charge is 0.0414 e. The maximum Gasteiger partial charge on any atom is -0.0414 e. The Balaban J connectivity index is 3.26. The van der Waals surface area contributed by atoms with Crippen molar-refractivity contribution >= 4 is 0 Å². The second-order valence-electron chi connectivity index (χ2n) is 12.6. The van der Waals surface area contributed by atoms with Gasteiger partial charge in [-0.3, -0.25) is 0 Å². The van der Waals surface area contributed by atoms with Gasteiger partial charge >= 0.3 is 0 Å². The van der Waals surface area contributed by atoms with Crippen LogP contribution < -0.4 is 0 Å². The molecule has 0 nitrogen and oxygen atoms in total. The molecule has 0 heterocycles. The average Bonchev–Trinajstić information content (AvgIpc) is 2.91. The van der Waals surface area contributed by atoms with Crippen LogP contribution in [-0.4, -0.2) is 0 Å². The molecule has 0 N–H and O–H groups in total. The highest BCUT2D eigenvalue weighted by Crippen LogP contribution is 2.23. The minimum atomic E-state index is 0.971. The standard InChI is InChI=1S/C37H75/c1-4-7-9-11-13-14-15-16-17-18-19-20-21-22-23-24-25-26-27-29-31-33-36-37(34-6-3)35-32-30-28-12-10-8-5-2/h37H,3-36H2,1-2H3. The number of hydrogen-bond donors (Lipinski definition) is 0. The lowest BCUT2D eigenvalue weighted by Gasteiger charge is -2.16. The highest BCUT2D eigenvalue weighted by Gasteiger charge is 2.07. The van der Waals surface area contributed by atoms with Crippen LogP contribution in [0.4, 0.5) is 0 Å². The summed E-state index contributed by atoms with van der Waals surface area (Å²) < 4.78 is 0. The first-order valence-corrected chi connectivity index (χ1v) is 18.1. The molecule has 0 rings (SSSR count). The van der Waals surface area contributed by atoms with Crippen molar-refractivity contribution in [1.29, 1.82) is 0 Å². The highest BCUT2D eigenvalue weighted by molar-refractivity contribution is 4.62. The van der Waals surface area contributed by atoms with E-state index < -0.39 is 0 Å². The summed E-state index contributed by atoms with van der Waals surface area (Å²) in [5.74, 6) is 0.971. The molecule has 0 spiro atoms. The first-order chi connectivity index (χ1) is 18.3. The van der Waals surface area contributed by atoms with E-state index in [0.717, 1.165) is 12.3 Å². The van der Waals surface area contributed by atoms with Crippen molar-refractivity contribution in [3.05, 3.63) is 6.92 Å². The van der Waals surface area contributed by atoms with Crippen LogP contribution in [0, 0.1) is 12.8 Å². The van der Waals surface area contributed by atoms with Crippen LogP contribution >= 0.6 is 0 Å². The topological polar surface area (TPSA) is 0 Å². The molecule has 1 atom stereocenters. The van der Waals surface area contributed by atoms with E-state index in [4.69, 9.17) is 0 Å². The van der Waals surface area contributed by atoms with E-state index in [1.807, 2.05) is 0 Å². The molecule has 0 aromatic rings. The van der Waals surface area contributed by atoms with E-state index in [1.165, 1.54) is 205 Å². The molecule has 1 radical (unpaired) electrons. The van der Waals surface area contributed by atoms with E-state index in [1.54, 1.807) is 0 Å². The predicted molar refractivity (Wildman–Crippen MR) is 173 cm³/mol. The monoisotopic (exact) mass is 520 g/mol. The summed E-state index contributed by atoms with van der Waals surface area (Å²) in [5, 5.41) is 0. The minimum absolute atomic E-state index is 0.971. The molecule has 0 aliphatic carbocycles. The van der Waals surface area contributed by atoms with E-state index in [9.17, 15) is 0 Å². The Morgan fingerprint density at radius 1 is 0.297 bits per heavy atom. The van der Waals surface area contributed by atoms with E-state index in [2.05, 4.69) is 20.8 Å². The Labute approximate surface area is 238 Å². The van der Waals surface area contributed by atoms with Crippen LogP contribution in [0.3, 0.4) is 0 Å². The third-order valence-electron chi connectivity index (χ3n) is 8.79. The molecule has 223 valence electrons. The van der Waals surface area contributed by atoms with Gasteiger partial charge in [0.1, 0.15) is 0 Å². The van der Waals surface area contributed by atoms with Crippen LogP contribution in [0.25, 0.3) is 0 Å². The summed E-state index contributed by atoms with van der Waals surface area (Å²) in [4.78, 5) is 0. The Bertz CT molecular complexity index is 372. The van der Waals surface area contributed by atoms with Crippen LogP contribution in [0.15, 0.2) is 0 Å². The van der Waals surface area contributed by atoms with Crippen molar-refractivity contribution in [2.45, 2.75) is 226 Å². The fourth-order valence-corrected chi connectivity index (χ4v) is 6.15. The first kappa shape index (κ1) is 37.0. The lowest BCUT2D eigenvalue weighted by Crippen LogP contribution is -2.00. The molecule has 0 bridgehead atoms. The maximum absolute atomic E-state index is 4.14. The molecule has 0 amide bonds. The van der Waals surface area contributed by atoms with Gasteiger partial charge < -0.3 is 0 Å².